The summed E-state index contributed by atoms with van der Waals surface area (Å²) in [7, 11) is 0. The molecule has 0 aliphatic rings. The number of carbonyl (C=O) groups is 1. The van der Waals surface area contributed by atoms with Crippen molar-refractivity contribution in [2.45, 2.75) is 26.3 Å². The Kier molecular flexibility index (Phi) is 4.55. The Bertz CT molecular complexity index is 299. The zero-order valence-corrected chi connectivity index (χ0v) is 8.93. The normalized spacial score (nSPS) is 10.4. The van der Waals surface area contributed by atoms with E-state index in [9.17, 15) is 4.79 Å². The largest absolute Gasteiger partial charge is 0.481 e. The molecule has 1 aromatic rings. The van der Waals surface area contributed by atoms with Crippen LogP contribution in [-0.2, 0) is 11.3 Å². The second-order valence-corrected chi connectivity index (χ2v) is 3.97. The van der Waals surface area contributed by atoms with E-state index in [0.29, 0.717) is 6.42 Å². The average Bonchev–Trinajstić information content (AvgIpc) is 2.51. The van der Waals surface area contributed by atoms with E-state index in [4.69, 9.17) is 5.11 Å². The van der Waals surface area contributed by atoms with Crippen molar-refractivity contribution in [2.75, 3.05) is 6.54 Å². The summed E-state index contributed by atoms with van der Waals surface area (Å²) in [6, 6.07) is 0. The van der Waals surface area contributed by atoms with Crippen LogP contribution in [0.4, 0.5) is 0 Å². The highest BCUT2D eigenvalue weighted by Gasteiger charge is 2.00. The minimum atomic E-state index is -0.735. The number of hydrogen-bond acceptors (Lipinski definition) is 4. The summed E-state index contributed by atoms with van der Waals surface area (Å²) in [6.45, 7) is 3.50. The Hall–Kier alpha value is -0.940. The van der Waals surface area contributed by atoms with Crippen molar-refractivity contribution in [2.24, 2.45) is 0 Å². The molecule has 0 bridgehead atoms. The summed E-state index contributed by atoms with van der Waals surface area (Å²) in [6.07, 6.45) is 0.905. The third-order valence-electron chi connectivity index (χ3n) is 1.87. The summed E-state index contributed by atoms with van der Waals surface area (Å²) >= 11 is 1.62. The third kappa shape index (κ3) is 3.85. The van der Waals surface area contributed by atoms with Crippen LogP contribution in [0.5, 0.6) is 0 Å². The van der Waals surface area contributed by atoms with Gasteiger partial charge in [0, 0.05) is 17.8 Å². The summed E-state index contributed by atoms with van der Waals surface area (Å²) in [5, 5.41) is 11.6. The zero-order valence-electron chi connectivity index (χ0n) is 8.12. The van der Waals surface area contributed by atoms with Crippen LogP contribution >= 0.6 is 11.3 Å². The van der Waals surface area contributed by atoms with E-state index >= 15 is 0 Å². The standard InChI is InChI=1S/C9H14N2O2S/c1-7-8(14-6-11-7)5-10-4-2-3-9(12)13/h6,10H,2-5H2,1H3,(H,12,13). The fraction of sp³-hybridized carbons (Fsp3) is 0.556. The minimum absolute atomic E-state index is 0.231. The van der Waals surface area contributed by atoms with Crippen molar-refractivity contribution in [1.29, 1.82) is 0 Å². The maximum absolute atomic E-state index is 10.2. The lowest BCUT2D eigenvalue weighted by molar-refractivity contribution is -0.137. The maximum Gasteiger partial charge on any atom is 0.303 e. The van der Waals surface area contributed by atoms with Crippen LogP contribution in [0, 0.1) is 6.92 Å². The van der Waals surface area contributed by atoms with E-state index in [1.54, 1.807) is 11.3 Å². The van der Waals surface area contributed by atoms with Crippen molar-refractivity contribution in [3.05, 3.63) is 16.1 Å². The van der Waals surface area contributed by atoms with Gasteiger partial charge in [0.25, 0.3) is 0 Å². The van der Waals surface area contributed by atoms with E-state index in [1.807, 2.05) is 12.4 Å². The topological polar surface area (TPSA) is 62.2 Å². The van der Waals surface area contributed by atoms with Gasteiger partial charge in [-0.05, 0) is 19.9 Å². The number of carboxylic acid groups (broad SMARTS) is 1. The number of carboxylic acids is 1. The molecular weight excluding hydrogens is 200 g/mol. The van der Waals surface area contributed by atoms with Gasteiger partial charge < -0.3 is 10.4 Å². The third-order valence-corrected chi connectivity index (χ3v) is 2.81. The molecular formula is C9H14N2O2S. The summed E-state index contributed by atoms with van der Waals surface area (Å²) in [5.41, 5.74) is 2.88. The molecule has 0 aromatic carbocycles. The fourth-order valence-corrected chi connectivity index (χ4v) is 1.81. The second-order valence-electron chi connectivity index (χ2n) is 3.04. The average molecular weight is 214 g/mol. The lowest BCUT2D eigenvalue weighted by atomic mass is 10.3. The lowest BCUT2D eigenvalue weighted by Gasteiger charge is -2.01. The zero-order chi connectivity index (χ0) is 10.4. The Labute approximate surface area is 87.0 Å². The molecule has 2 N–H and O–H groups in total. The molecule has 1 rings (SSSR count). The van der Waals surface area contributed by atoms with E-state index in [2.05, 4.69) is 10.3 Å². The van der Waals surface area contributed by atoms with Gasteiger partial charge in [-0.2, -0.15) is 0 Å². The number of hydrogen-bond donors (Lipinski definition) is 2. The summed E-state index contributed by atoms with van der Waals surface area (Å²) in [5.74, 6) is -0.735. The van der Waals surface area contributed by atoms with Crippen LogP contribution in [0.2, 0.25) is 0 Å². The van der Waals surface area contributed by atoms with Crippen molar-refractivity contribution in [3.63, 3.8) is 0 Å². The van der Waals surface area contributed by atoms with Gasteiger partial charge in [0.05, 0.1) is 11.2 Å². The molecule has 0 saturated carbocycles. The number of aromatic nitrogens is 1. The number of aliphatic carboxylic acids is 1. The highest BCUT2D eigenvalue weighted by Crippen LogP contribution is 2.10. The van der Waals surface area contributed by atoms with Crippen LogP contribution < -0.4 is 5.32 Å². The first-order valence-corrected chi connectivity index (χ1v) is 5.39. The lowest BCUT2D eigenvalue weighted by Crippen LogP contribution is -2.15. The van der Waals surface area contributed by atoms with Gasteiger partial charge in [-0.1, -0.05) is 0 Å². The Morgan fingerprint density at radius 3 is 3.07 bits per heavy atom. The molecule has 0 amide bonds. The van der Waals surface area contributed by atoms with Crippen molar-refractivity contribution < 1.29 is 9.90 Å². The van der Waals surface area contributed by atoms with Gasteiger partial charge in [0.1, 0.15) is 0 Å². The minimum Gasteiger partial charge on any atom is -0.481 e. The fourth-order valence-electron chi connectivity index (χ4n) is 1.06. The molecule has 0 unspecified atom stereocenters. The quantitative estimate of drug-likeness (QED) is 0.703. The maximum atomic E-state index is 10.2. The van der Waals surface area contributed by atoms with Crippen molar-refractivity contribution in [3.8, 4) is 0 Å². The van der Waals surface area contributed by atoms with Crippen molar-refractivity contribution in [1.82, 2.24) is 10.3 Å². The molecule has 0 spiro atoms. The Balaban J connectivity index is 2.10. The molecule has 1 aromatic heterocycles. The van der Waals surface area contributed by atoms with Crippen LogP contribution in [0.3, 0.4) is 0 Å². The number of thiazole rings is 1. The first kappa shape index (κ1) is 11.1. The Morgan fingerprint density at radius 2 is 2.50 bits per heavy atom. The van der Waals surface area contributed by atoms with Gasteiger partial charge in [-0.15, -0.1) is 11.3 Å². The monoisotopic (exact) mass is 214 g/mol. The molecule has 0 atom stereocenters. The van der Waals surface area contributed by atoms with Crippen LogP contribution in [0.15, 0.2) is 5.51 Å². The molecule has 0 fully saturated rings. The summed E-state index contributed by atoms with van der Waals surface area (Å²) in [4.78, 5) is 15.6. The summed E-state index contributed by atoms with van der Waals surface area (Å²) < 4.78 is 0. The molecule has 0 aliphatic heterocycles. The van der Waals surface area contributed by atoms with Crippen LogP contribution in [-0.4, -0.2) is 22.6 Å². The van der Waals surface area contributed by atoms with E-state index in [-0.39, 0.29) is 6.42 Å². The molecule has 78 valence electrons. The number of nitrogens with zero attached hydrogens (tertiary/aromatic N) is 1. The van der Waals surface area contributed by atoms with Crippen LogP contribution in [0.1, 0.15) is 23.4 Å². The predicted octanol–water partition coefficient (Wildman–Crippen LogP) is 1.41. The van der Waals surface area contributed by atoms with Gasteiger partial charge >= 0.3 is 5.97 Å². The van der Waals surface area contributed by atoms with E-state index < -0.39 is 5.97 Å². The Morgan fingerprint density at radius 1 is 1.71 bits per heavy atom. The molecule has 4 nitrogen and oxygen atoms in total. The van der Waals surface area contributed by atoms with Crippen molar-refractivity contribution >= 4 is 17.3 Å². The SMILES string of the molecule is Cc1ncsc1CNCCCC(=O)O. The van der Waals surface area contributed by atoms with Gasteiger partial charge in [-0.25, -0.2) is 4.98 Å². The van der Waals surface area contributed by atoms with E-state index in [1.165, 1.54) is 4.88 Å². The van der Waals surface area contributed by atoms with Gasteiger partial charge in [0.2, 0.25) is 0 Å². The molecule has 5 heteroatoms. The molecule has 14 heavy (non-hydrogen) atoms. The van der Waals surface area contributed by atoms with Crippen LogP contribution in [0.25, 0.3) is 0 Å². The number of rotatable bonds is 6. The first-order chi connectivity index (χ1) is 6.70. The molecule has 0 aliphatic carbocycles. The van der Waals surface area contributed by atoms with E-state index in [0.717, 1.165) is 18.8 Å². The number of nitrogens with one attached hydrogen (secondary N) is 1. The van der Waals surface area contributed by atoms with Gasteiger partial charge in [-0.3, -0.25) is 4.79 Å². The number of aryl methyl sites for hydroxylation is 1. The molecule has 0 saturated heterocycles. The van der Waals surface area contributed by atoms with Gasteiger partial charge in [0.15, 0.2) is 0 Å². The smallest absolute Gasteiger partial charge is 0.303 e. The second kappa shape index (κ2) is 5.72. The first-order valence-electron chi connectivity index (χ1n) is 4.51. The molecule has 1 heterocycles. The predicted molar refractivity (Wildman–Crippen MR) is 55.4 cm³/mol. The highest BCUT2D eigenvalue weighted by atomic mass is 32.1. The highest BCUT2D eigenvalue weighted by molar-refractivity contribution is 7.09. The molecule has 0 radical (unpaired) electrons.